The first-order chi connectivity index (χ1) is 12.7. The average molecular weight is 392 g/mol. The molecule has 8 nitrogen and oxygen atoms in total. The number of nitrogens with two attached hydrogens (primary N) is 1. The van der Waals surface area contributed by atoms with E-state index in [-0.39, 0.29) is 10.5 Å². The summed E-state index contributed by atoms with van der Waals surface area (Å²) in [5.74, 6) is -1.25. The lowest BCUT2D eigenvalue weighted by Crippen LogP contribution is -2.27. The van der Waals surface area contributed by atoms with Crippen LogP contribution in [-0.4, -0.2) is 41.1 Å². The second kappa shape index (κ2) is 8.09. The molecule has 1 amide bonds. The number of amides is 1. The van der Waals surface area contributed by atoms with Crippen LogP contribution in [-0.2, 0) is 19.6 Å². The van der Waals surface area contributed by atoms with Gasteiger partial charge in [0.15, 0.2) is 6.61 Å². The number of rotatable bonds is 7. The maximum Gasteiger partial charge on any atom is 0.338 e. The van der Waals surface area contributed by atoms with Gasteiger partial charge in [0.2, 0.25) is 0 Å². The van der Waals surface area contributed by atoms with Gasteiger partial charge in [-0.3, -0.25) is 9.10 Å². The molecule has 144 valence electrons. The van der Waals surface area contributed by atoms with Gasteiger partial charge in [0.25, 0.3) is 15.9 Å². The summed E-state index contributed by atoms with van der Waals surface area (Å²) in [7, 11) is -1.15. The lowest BCUT2D eigenvalue weighted by atomic mass is 10.1. The van der Waals surface area contributed by atoms with Crippen molar-refractivity contribution in [1.29, 1.82) is 0 Å². The Labute approximate surface area is 157 Å². The van der Waals surface area contributed by atoms with Gasteiger partial charge in [-0.2, -0.15) is 0 Å². The van der Waals surface area contributed by atoms with Crippen LogP contribution in [0.1, 0.15) is 15.9 Å². The van der Waals surface area contributed by atoms with Gasteiger partial charge in [0, 0.05) is 7.05 Å². The first-order valence-corrected chi connectivity index (χ1v) is 9.30. The van der Waals surface area contributed by atoms with Crippen molar-refractivity contribution < 1.29 is 27.5 Å². The van der Waals surface area contributed by atoms with Crippen molar-refractivity contribution in [2.75, 3.05) is 25.1 Å². The highest BCUT2D eigenvalue weighted by Gasteiger charge is 2.25. The Bertz CT molecular complexity index is 972. The molecular weight excluding hydrogens is 372 g/mol. The number of methoxy groups -OCH3 is 1. The third kappa shape index (κ3) is 4.37. The van der Waals surface area contributed by atoms with Gasteiger partial charge in [0.1, 0.15) is 5.75 Å². The third-order valence-corrected chi connectivity index (χ3v) is 5.62. The summed E-state index contributed by atoms with van der Waals surface area (Å²) in [6, 6.07) is 10.7. The first-order valence-electron chi connectivity index (χ1n) is 7.86. The van der Waals surface area contributed by atoms with E-state index in [0.717, 1.165) is 4.31 Å². The van der Waals surface area contributed by atoms with Crippen molar-refractivity contribution in [2.24, 2.45) is 5.73 Å². The standard InChI is InChI=1S/C18H20N2O6S/c1-12-8-9-13(10-14(12)18(22)26-11-17(19)21)27(23,24)20(2)15-6-4-5-7-16(15)25-3/h4-10H,11H2,1-3H3,(H2,19,21). The van der Waals surface area contributed by atoms with Crippen LogP contribution < -0.4 is 14.8 Å². The molecule has 2 rings (SSSR count). The summed E-state index contributed by atoms with van der Waals surface area (Å²) in [6.07, 6.45) is 0. The second-order valence-corrected chi connectivity index (χ2v) is 7.63. The Morgan fingerprint density at radius 2 is 1.81 bits per heavy atom. The van der Waals surface area contributed by atoms with Crippen LogP contribution in [0.2, 0.25) is 0 Å². The summed E-state index contributed by atoms with van der Waals surface area (Å²) < 4.78 is 37.0. The van der Waals surface area contributed by atoms with Gasteiger partial charge in [-0.1, -0.05) is 18.2 Å². The minimum Gasteiger partial charge on any atom is -0.495 e. The number of para-hydroxylation sites is 2. The number of hydrogen-bond donors (Lipinski definition) is 1. The number of esters is 1. The van der Waals surface area contributed by atoms with Crippen LogP contribution in [0.15, 0.2) is 47.4 Å². The summed E-state index contributed by atoms with van der Waals surface area (Å²) in [5, 5.41) is 0. The number of ether oxygens (including phenoxy) is 2. The van der Waals surface area contributed by atoms with Crippen LogP contribution in [0.3, 0.4) is 0 Å². The van der Waals surface area contributed by atoms with E-state index in [0.29, 0.717) is 17.0 Å². The first kappa shape index (κ1) is 20.2. The van der Waals surface area contributed by atoms with E-state index in [2.05, 4.69) is 0 Å². The highest BCUT2D eigenvalue weighted by molar-refractivity contribution is 7.92. The number of carbonyl (C=O) groups is 2. The maximum absolute atomic E-state index is 13.0. The normalized spacial score (nSPS) is 10.9. The molecule has 2 aromatic rings. The molecule has 0 saturated heterocycles. The molecule has 0 fully saturated rings. The van der Waals surface area contributed by atoms with E-state index < -0.39 is 28.5 Å². The summed E-state index contributed by atoms with van der Waals surface area (Å²) >= 11 is 0. The minimum absolute atomic E-state index is 0.0331. The molecule has 0 heterocycles. The predicted octanol–water partition coefficient (Wildman–Crippen LogP) is 1.47. The van der Waals surface area contributed by atoms with Gasteiger partial charge in [-0.05, 0) is 36.8 Å². The third-order valence-electron chi connectivity index (χ3n) is 3.86. The number of nitrogens with zero attached hydrogens (tertiary/aromatic N) is 1. The molecule has 0 aliphatic carbocycles. The fraction of sp³-hybridized carbons (Fsp3) is 0.222. The van der Waals surface area contributed by atoms with Gasteiger partial charge < -0.3 is 15.2 Å². The van der Waals surface area contributed by atoms with Gasteiger partial charge in [0.05, 0.1) is 23.3 Å². The number of hydrogen-bond acceptors (Lipinski definition) is 6. The van der Waals surface area contributed by atoms with E-state index in [9.17, 15) is 18.0 Å². The minimum atomic E-state index is -3.97. The lowest BCUT2D eigenvalue weighted by molar-refractivity contribution is -0.121. The molecular formula is C18H20N2O6S. The fourth-order valence-electron chi connectivity index (χ4n) is 2.37. The largest absolute Gasteiger partial charge is 0.495 e. The molecule has 0 bridgehead atoms. The molecule has 0 atom stereocenters. The number of sulfonamides is 1. The molecule has 27 heavy (non-hydrogen) atoms. The number of primary amides is 1. The van der Waals surface area contributed by atoms with Gasteiger partial charge in [-0.25, -0.2) is 13.2 Å². The van der Waals surface area contributed by atoms with Crippen molar-refractivity contribution in [3.05, 3.63) is 53.6 Å². The molecule has 0 saturated carbocycles. The highest BCUT2D eigenvalue weighted by atomic mass is 32.2. The number of aryl methyl sites for hydroxylation is 1. The lowest BCUT2D eigenvalue weighted by Gasteiger charge is -2.22. The zero-order chi connectivity index (χ0) is 20.2. The smallest absolute Gasteiger partial charge is 0.338 e. The molecule has 0 aliphatic rings. The van der Waals surface area contributed by atoms with Crippen LogP contribution >= 0.6 is 0 Å². The van der Waals surface area contributed by atoms with E-state index in [1.54, 1.807) is 31.2 Å². The zero-order valence-corrected chi connectivity index (χ0v) is 15.9. The molecule has 0 spiro atoms. The molecule has 0 radical (unpaired) electrons. The fourth-order valence-corrected chi connectivity index (χ4v) is 3.61. The Balaban J connectivity index is 2.43. The molecule has 0 aliphatic heterocycles. The summed E-state index contributed by atoms with van der Waals surface area (Å²) in [5.41, 5.74) is 5.84. The quantitative estimate of drug-likeness (QED) is 0.714. The predicted molar refractivity (Wildman–Crippen MR) is 99.2 cm³/mol. The summed E-state index contributed by atoms with van der Waals surface area (Å²) in [4.78, 5) is 22.8. The Hall–Kier alpha value is -3.07. The highest BCUT2D eigenvalue weighted by Crippen LogP contribution is 2.31. The van der Waals surface area contributed by atoms with Gasteiger partial charge >= 0.3 is 5.97 Å². The van der Waals surface area contributed by atoms with Crippen molar-refractivity contribution in [2.45, 2.75) is 11.8 Å². The van der Waals surface area contributed by atoms with Crippen LogP contribution in [0.25, 0.3) is 0 Å². The van der Waals surface area contributed by atoms with Crippen LogP contribution in [0.5, 0.6) is 5.75 Å². The molecule has 2 N–H and O–H groups in total. The number of anilines is 1. The van der Waals surface area contributed by atoms with E-state index >= 15 is 0 Å². The van der Waals surface area contributed by atoms with Crippen molar-refractivity contribution >= 4 is 27.6 Å². The number of benzene rings is 2. The monoisotopic (exact) mass is 392 g/mol. The van der Waals surface area contributed by atoms with Crippen LogP contribution in [0, 0.1) is 6.92 Å². The second-order valence-electron chi connectivity index (χ2n) is 5.66. The maximum atomic E-state index is 13.0. The van der Waals surface area contributed by atoms with Crippen LogP contribution in [0.4, 0.5) is 5.69 Å². The topological polar surface area (TPSA) is 116 Å². The van der Waals surface area contributed by atoms with Crippen molar-refractivity contribution in [3.63, 3.8) is 0 Å². The zero-order valence-electron chi connectivity index (χ0n) is 15.1. The Morgan fingerprint density at radius 1 is 1.15 bits per heavy atom. The van der Waals surface area contributed by atoms with E-state index in [1.165, 1.54) is 32.4 Å². The average Bonchev–Trinajstić information content (AvgIpc) is 2.65. The number of carbonyl (C=O) groups excluding carboxylic acids is 2. The van der Waals surface area contributed by atoms with E-state index in [1.807, 2.05) is 0 Å². The molecule has 0 unspecified atom stereocenters. The molecule has 9 heteroatoms. The Morgan fingerprint density at radius 3 is 2.44 bits per heavy atom. The van der Waals surface area contributed by atoms with Gasteiger partial charge in [-0.15, -0.1) is 0 Å². The summed E-state index contributed by atoms with van der Waals surface area (Å²) in [6.45, 7) is 1.04. The SMILES string of the molecule is COc1ccccc1N(C)S(=O)(=O)c1ccc(C)c(C(=O)OCC(N)=O)c1. The van der Waals surface area contributed by atoms with E-state index in [4.69, 9.17) is 15.2 Å². The Kier molecular flexibility index (Phi) is 6.06. The van der Waals surface area contributed by atoms with Crippen molar-refractivity contribution in [1.82, 2.24) is 0 Å². The molecule has 0 aromatic heterocycles. The van der Waals surface area contributed by atoms with Crippen molar-refractivity contribution in [3.8, 4) is 5.75 Å². The molecule has 2 aromatic carbocycles.